The van der Waals surface area contributed by atoms with Gasteiger partial charge in [0.2, 0.25) is 4.77 Å². The van der Waals surface area contributed by atoms with Gasteiger partial charge in [-0.25, -0.2) is 9.89 Å². The molecule has 1 aromatic heterocycles. The summed E-state index contributed by atoms with van der Waals surface area (Å²) < 4.78 is 6.51. The van der Waals surface area contributed by atoms with Crippen LogP contribution in [0.15, 0.2) is 53.6 Å². The number of ether oxygens (including phenoxy) is 1. The number of H-pyrrole nitrogens is 1. The van der Waals surface area contributed by atoms with Crippen LogP contribution in [0.25, 0.3) is 11.4 Å². The minimum Gasteiger partial charge on any atom is -0.465 e. The van der Waals surface area contributed by atoms with Crippen LogP contribution in [-0.4, -0.2) is 34.2 Å². The number of rotatable bonds is 4. The Morgan fingerprint density at radius 1 is 1.28 bits per heavy atom. The summed E-state index contributed by atoms with van der Waals surface area (Å²) >= 11 is 11.5. The van der Waals surface area contributed by atoms with E-state index in [0.717, 1.165) is 11.1 Å². The summed E-state index contributed by atoms with van der Waals surface area (Å²) in [6, 6.07) is 14.2. The Morgan fingerprint density at radius 2 is 2.00 bits per heavy atom. The first kappa shape index (κ1) is 17.1. The van der Waals surface area contributed by atoms with E-state index in [4.69, 9.17) is 23.8 Å². The number of methoxy groups -OCH3 is 1. The minimum atomic E-state index is -0.387. The molecule has 0 unspecified atom stereocenters. The minimum absolute atomic E-state index is 0.345. The van der Waals surface area contributed by atoms with Crippen molar-refractivity contribution in [3.8, 4) is 11.4 Å². The van der Waals surface area contributed by atoms with Gasteiger partial charge in [-0.2, -0.15) is 14.9 Å². The third-order valence-electron chi connectivity index (χ3n) is 3.42. The summed E-state index contributed by atoms with van der Waals surface area (Å²) in [6.45, 7) is 0. The second kappa shape index (κ2) is 7.42. The molecule has 25 heavy (non-hydrogen) atoms. The molecule has 0 radical (unpaired) electrons. The Balaban J connectivity index is 1.92. The number of aromatic nitrogens is 3. The Bertz CT molecular complexity index is 992. The Morgan fingerprint density at radius 3 is 2.68 bits per heavy atom. The standard InChI is InChI=1S/C17H13ClN4O2S/c1-24-16(23)12-8-6-11(7-9-12)10-19-22-15(20-21-17(22)25)13-4-2-3-5-14(13)18/h2-10H,1H3,(H,21,25). The lowest BCUT2D eigenvalue weighted by atomic mass is 10.1. The van der Waals surface area contributed by atoms with E-state index >= 15 is 0 Å². The zero-order chi connectivity index (χ0) is 17.8. The van der Waals surface area contributed by atoms with Crippen LogP contribution < -0.4 is 0 Å². The largest absolute Gasteiger partial charge is 0.465 e. The smallest absolute Gasteiger partial charge is 0.337 e. The molecule has 1 N–H and O–H groups in total. The summed E-state index contributed by atoms with van der Waals surface area (Å²) in [6.07, 6.45) is 1.62. The molecule has 1 heterocycles. The van der Waals surface area contributed by atoms with Gasteiger partial charge in [0.05, 0.1) is 23.9 Å². The third-order valence-corrected chi connectivity index (χ3v) is 4.01. The van der Waals surface area contributed by atoms with Crippen molar-refractivity contribution in [1.29, 1.82) is 0 Å². The van der Waals surface area contributed by atoms with Gasteiger partial charge in [-0.1, -0.05) is 35.9 Å². The number of benzene rings is 2. The maximum Gasteiger partial charge on any atom is 0.337 e. The number of hydrogen-bond acceptors (Lipinski definition) is 5. The first-order valence-corrected chi connectivity index (χ1v) is 8.04. The molecule has 0 aliphatic carbocycles. The number of carbonyl (C=O) groups is 1. The van der Waals surface area contributed by atoms with Crippen molar-refractivity contribution in [2.45, 2.75) is 0 Å². The van der Waals surface area contributed by atoms with Crippen LogP contribution in [0.5, 0.6) is 0 Å². The first-order chi connectivity index (χ1) is 12.1. The molecule has 0 fully saturated rings. The molecular weight excluding hydrogens is 360 g/mol. The van der Waals surface area contributed by atoms with Crippen molar-refractivity contribution in [3.05, 3.63) is 69.5 Å². The Kier molecular flexibility index (Phi) is 5.06. The number of halogens is 1. The first-order valence-electron chi connectivity index (χ1n) is 7.25. The van der Waals surface area contributed by atoms with Crippen LogP contribution in [0.3, 0.4) is 0 Å². The predicted octanol–water partition coefficient (Wildman–Crippen LogP) is 3.93. The van der Waals surface area contributed by atoms with Crippen molar-refractivity contribution in [3.63, 3.8) is 0 Å². The summed E-state index contributed by atoms with van der Waals surface area (Å²) in [5.74, 6) is 0.125. The fourth-order valence-corrected chi connectivity index (χ4v) is 2.56. The van der Waals surface area contributed by atoms with Gasteiger partial charge in [-0.15, -0.1) is 0 Å². The third kappa shape index (κ3) is 3.67. The molecule has 2 aromatic carbocycles. The molecule has 0 saturated carbocycles. The second-order valence-corrected chi connectivity index (χ2v) is 5.80. The highest BCUT2D eigenvalue weighted by atomic mass is 35.5. The highest BCUT2D eigenvalue weighted by Crippen LogP contribution is 2.25. The Hall–Kier alpha value is -2.77. The number of nitrogens with one attached hydrogen (secondary N) is 1. The van der Waals surface area contributed by atoms with Crippen molar-refractivity contribution >= 4 is 36.0 Å². The van der Waals surface area contributed by atoms with E-state index in [1.165, 1.54) is 11.8 Å². The van der Waals surface area contributed by atoms with E-state index in [1.807, 2.05) is 18.2 Å². The monoisotopic (exact) mass is 372 g/mol. The molecule has 6 nitrogen and oxygen atoms in total. The lowest BCUT2D eigenvalue weighted by Crippen LogP contribution is -2.01. The van der Waals surface area contributed by atoms with Crippen molar-refractivity contribution in [1.82, 2.24) is 14.9 Å². The summed E-state index contributed by atoms with van der Waals surface area (Å²) in [5.41, 5.74) is 1.98. The maximum atomic E-state index is 11.4. The molecule has 3 rings (SSSR count). The molecule has 0 aliphatic rings. The van der Waals surface area contributed by atoms with E-state index in [1.54, 1.807) is 36.5 Å². The zero-order valence-corrected chi connectivity index (χ0v) is 14.7. The number of carbonyl (C=O) groups excluding carboxylic acids is 1. The van der Waals surface area contributed by atoms with E-state index in [9.17, 15) is 4.79 Å². The molecule has 0 spiro atoms. The van der Waals surface area contributed by atoms with E-state index in [2.05, 4.69) is 20.0 Å². The lowest BCUT2D eigenvalue weighted by molar-refractivity contribution is 0.0600. The normalized spacial score (nSPS) is 11.0. The fourth-order valence-electron chi connectivity index (χ4n) is 2.16. The molecule has 0 amide bonds. The quantitative estimate of drug-likeness (QED) is 0.428. The molecule has 0 atom stereocenters. The van der Waals surface area contributed by atoms with Crippen LogP contribution in [0.1, 0.15) is 15.9 Å². The van der Waals surface area contributed by atoms with Crippen molar-refractivity contribution < 1.29 is 9.53 Å². The number of hydrogen-bond donors (Lipinski definition) is 1. The fraction of sp³-hybridized carbons (Fsp3) is 0.0588. The molecule has 0 bridgehead atoms. The van der Waals surface area contributed by atoms with Crippen LogP contribution in [0.2, 0.25) is 5.02 Å². The van der Waals surface area contributed by atoms with Crippen LogP contribution in [0.4, 0.5) is 0 Å². The molecule has 0 aliphatic heterocycles. The van der Waals surface area contributed by atoms with Crippen molar-refractivity contribution in [2.24, 2.45) is 5.10 Å². The predicted molar refractivity (Wildman–Crippen MR) is 98.6 cm³/mol. The molecule has 8 heteroatoms. The topological polar surface area (TPSA) is 72.3 Å². The molecule has 0 saturated heterocycles. The molecule has 3 aromatic rings. The average Bonchev–Trinajstić information content (AvgIpc) is 3.00. The average molecular weight is 373 g/mol. The van der Waals surface area contributed by atoms with Crippen LogP contribution >= 0.6 is 23.8 Å². The van der Waals surface area contributed by atoms with Gasteiger partial charge >= 0.3 is 5.97 Å². The van der Waals surface area contributed by atoms with Gasteiger partial charge < -0.3 is 4.74 Å². The number of nitrogens with zero attached hydrogens (tertiary/aromatic N) is 3. The van der Waals surface area contributed by atoms with E-state index in [-0.39, 0.29) is 5.97 Å². The summed E-state index contributed by atoms with van der Waals surface area (Å²) in [4.78, 5) is 11.4. The van der Waals surface area contributed by atoms with Gasteiger partial charge in [0.25, 0.3) is 0 Å². The van der Waals surface area contributed by atoms with Gasteiger partial charge in [-0.3, -0.25) is 0 Å². The number of esters is 1. The molecule has 126 valence electrons. The number of aromatic amines is 1. The van der Waals surface area contributed by atoms with Gasteiger partial charge in [0.15, 0.2) is 5.82 Å². The SMILES string of the molecule is COC(=O)c1ccc(C=Nn2c(-c3ccccc3Cl)n[nH]c2=S)cc1. The summed E-state index contributed by atoms with van der Waals surface area (Å²) in [7, 11) is 1.34. The van der Waals surface area contributed by atoms with Gasteiger partial charge in [-0.05, 0) is 42.0 Å². The van der Waals surface area contributed by atoms with Gasteiger partial charge in [0, 0.05) is 5.56 Å². The highest BCUT2D eigenvalue weighted by Gasteiger charge is 2.11. The Labute approximate surface area is 153 Å². The van der Waals surface area contributed by atoms with Gasteiger partial charge in [0.1, 0.15) is 0 Å². The maximum absolute atomic E-state index is 11.4. The van der Waals surface area contributed by atoms with Crippen LogP contribution in [0, 0.1) is 4.77 Å². The van der Waals surface area contributed by atoms with E-state index in [0.29, 0.717) is 21.2 Å². The zero-order valence-electron chi connectivity index (χ0n) is 13.1. The lowest BCUT2D eigenvalue weighted by Gasteiger charge is -2.03. The highest BCUT2D eigenvalue weighted by molar-refractivity contribution is 7.71. The summed E-state index contributed by atoms with van der Waals surface area (Å²) in [5, 5.41) is 11.8. The van der Waals surface area contributed by atoms with Crippen molar-refractivity contribution in [2.75, 3.05) is 7.11 Å². The molecular formula is C17H13ClN4O2S. The second-order valence-electron chi connectivity index (χ2n) is 5.00. The van der Waals surface area contributed by atoms with Crippen LogP contribution in [-0.2, 0) is 4.74 Å². The van der Waals surface area contributed by atoms with E-state index < -0.39 is 0 Å².